The van der Waals surface area contributed by atoms with Crippen molar-refractivity contribution in [1.82, 2.24) is 4.57 Å². The van der Waals surface area contributed by atoms with Gasteiger partial charge in [0.2, 0.25) is 5.43 Å². The van der Waals surface area contributed by atoms with E-state index in [1.807, 2.05) is 12.1 Å². The molecule has 0 unspecified atom stereocenters. The summed E-state index contributed by atoms with van der Waals surface area (Å²) in [6.07, 6.45) is 1.13. The third-order valence-corrected chi connectivity index (χ3v) is 4.78. The molecule has 3 aromatic rings. The van der Waals surface area contributed by atoms with E-state index in [1.165, 1.54) is 4.57 Å². The van der Waals surface area contributed by atoms with Gasteiger partial charge in [0.25, 0.3) is 0 Å². The molecule has 0 spiro atoms. The van der Waals surface area contributed by atoms with Crippen LogP contribution in [0.1, 0.15) is 10.4 Å². The molecule has 1 aliphatic heterocycles. The van der Waals surface area contributed by atoms with Crippen LogP contribution in [0.25, 0.3) is 16.6 Å². The Bertz CT molecular complexity index is 1120. The Morgan fingerprint density at radius 3 is 2.25 bits per heavy atom. The third kappa shape index (κ3) is 3.11. The number of carboxylic acids is 1. The summed E-state index contributed by atoms with van der Waals surface area (Å²) in [7, 11) is 0. The maximum absolute atomic E-state index is 13.8. The smallest absolute Gasteiger partial charge is 0.341 e. The van der Waals surface area contributed by atoms with Crippen molar-refractivity contribution in [3.8, 4) is 5.69 Å². The largest absolute Gasteiger partial charge is 0.477 e. The Labute approximate surface area is 158 Å². The van der Waals surface area contributed by atoms with Gasteiger partial charge >= 0.3 is 5.97 Å². The molecule has 28 heavy (non-hydrogen) atoms. The minimum absolute atomic E-state index is 0.0908. The number of carbonyl (C=O) groups is 1. The highest BCUT2D eigenvalue weighted by molar-refractivity contribution is 5.93. The molecule has 6 nitrogen and oxygen atoms in total. The lowest BCUT2D eigenvalue weighted by molar-refractivity contribution is 0.0695. The standard InChI is InChI=1S/C20H16F2N2O4/c21-16-9-14-18(10-17(16)22)24(11-15(19(14)25)20(26)27)13-3-1-12(2-4-13)23-5-7-28-8-6-23/h1-4,9-11H,5-8H2,(H,26,27). The number of nitrogens with zero attached hydrogens (tertiary/aromatic N) is 2. The zero-order valence-corrected chi connectivity index (χ0v) is 14.7. The van der Waals surface area contributed by atoms with Crippen LogP contribution >= 0.6 is 0 Å². The van der Waals surface area contributed by atoms with Crippen molar-refractivity contribution >= 4 is 22.6 Å². The molecular weight excluding hydrogens is 370 g/mol. The average molecular weight is 386 g/mol. The maximum Gasteiger partial charge on any atom is 0.341 e. The summed E-state index contributed by atoms with van der Waals surface area (Å²) in [5.74, 6) is -3.76. The van der Waals surface area contributed by atoms with Gasteiger partial charge < -0.3 is 19.3 Å². The number of rotatable bonds is 3. The number of ether oxygens (including phenoxy) is 1. The second-order valence-electron chi connectivity index (χ2n) is 6.45. The van der Waals surface area contributed by atoms with Gasteiger partial charge in [0.05, 0.1) is 24.1 Å². The van der Waals surface area contributed by atoms with Crippen molar-refractivity contribution in [2.75, 3.05) is 31.2 Å². The number of aromatic carboxylic acids is 1. The van der Waals surface area contributed by atoms with Crippen molar-refractivity contribution in [2.24, 2.45) is 0 Å². The lowest BCUT2D eigenvalue weighted by atomic mass is 10.1. The van der Waals surface area contributed by atoms with Crippen LogP contribution in [-0.2, 0) is 4.74 Å². The summed E-state index contributed by atoms with van der Waals surface area (Å²) in [4.78, 5) is 26.0. The van der Waals surface area contributed by atoms with E-state index in [0.717, 1.165) is 37.1 Å². The molecule has 1 aromatic heterocycles. The van der Waals surface area contributed by atoms with Gasteiger partial charge in [-0.25, -0.2) is 13.6 Å². The van der Waals surface area contributed by atoms with Crippen molar-refractivity contribution in [2.45, 2.75) is 0 Å². The number of pyridine rings is 1. The molecule has 0 atom stereocenters. The Kier molecular flexibility index (Phi) is 4.56. The van der Waals surface area contributed by atoms with Gasteiger partial charge in [0.15, 0.2) is 11.6 Å². The highest BCUT2D eigenvalue weighted by atomic mass is 19.2. The number of benzene rings is 2. The molecule has 0 amide bonds. The molecule has 0 bridgehead atoms. The number of hydrogen-bond donors (Lipinski definition) is 1. The van der Waals surface area contributed by atoms with E-state index in [9.17, 15) is 23.5 Å². The lowest BCUT2D eigenvalue weighted by Crippen LogP contribution is -2.36. The fraction of sp³-hybridized carbons (Fsp3) is 0.200. The molecule has 4 rings (SSSR count). The summed E-state index contributed by atoms with van der Waals surface area (Å²) >= 11 is 0. The first-order chi connectivity index (χ1) is 13.5. The Morgan fingerprint density at radius 1 is 1.00 bits per heavy atom. The number of aromatic nitrogens is 1. The number of fused-ring (bicyclic) bond motifs is 1. The monoisotopic (exact) mass is 386 g/mol. The zero-order chi connectivity index (χ0) is 19.8. The summed E-state index contributed by atoms with van der Waals surface area (Å²) in [5, 5.41) is 9.14. The Balaban J connectivity index is 1.87. The van der Waals surface area contributed by atoms with Gasteiger partial charge in [-0.2, -0.15) is 0 Å². The molecule has 2 heterocycles. The van der Waals surface area contributed by atoms with E-state index in [4.69, 9.17) is 4.74 Å². The van der Waals surface area contributed by atoms with Gasteiger partial charge in [-0.3, -0.25) is 4.79 Å². The Morgan fingerprint density at radius 2 is 1.61 bits per heavy atom. The zero-order valence-electron chi connectivity index (χ0n) is 14.7. The van der Waals surface area contributed by atoms with Crippen LogP contribution in [0, 0.1) is 11.6 Å². The second-order valence-corrected chi connectivity index (χ2v) is 6.45. The topological polar surface area (TPSA) is 71.8 Å². The highest BCUT2D eigenvalue weighted by Gasteiger charge is 2.18. The van der Waals surface area contributed by atoms with Gasteiger partial charge in [-0.15, -0.1) is 0 Å². The van der Waals surface area contributed by atoms with E-state index < -0.39 is 28.6 Å². The number of halogens is 2. The predicted octanol–water partition coefficient (Wildman–Crippen LogP) is 2.80. The first kappa shape index (κ1) is 18.1. The molecule has 8 heteroatoms. The lowest BCUT2D eigenvalue weighted by Gasteiger charge is -2.29. The minimum Gasteiger partial charge on any atom is -0.477 e. The number of anilines is 1. The number of carboxylic acid groups (broad SMARTS) is 1. The maximum atomic E-state index is 13.8. The molecule has 1 aliphatic rings. The third-order valence-electron chi connectivity index (χ3n) is 4.78. The van der Waals surface area contributed by atoms with Gasteiger partial charge in [-0.05, 0) is 30.3 Å². The van der Waals surface area contributed by atoms with Crippen LogP contribution in [0.5, 0.6) is 0 Å². The summed E-state index contributed by atoms with van der Waals surface area (Å²) < 4.78 is 34.2. The fourth-order valence-corrected chi connectivity index (χ4v) is 3.33. The van der Waals surface area contributed by atoms with Crippen molar-refractivity contribution in [3.05, 3.63) is 70.0 Å². The summed E-state index contributed by atoms with van der Waals surface area (Å²) in [6.45, 7) is 2.79. The van der Waals surface area contributed by atoms with E-state index >= 15 is 0 Å². The van der Waals surface area contributed by atoms with Gasteiger partial charge in [0.1, 0.15) is 5.56 Å². The van der Waals surface area contributed by atoms with E-state index in [2.05, 4.69) is 4.90 Å². The van der Waals surface area contributed by atoms with Crippen LogP contribution in [0.3, 0.4) is 0 Å². The van der Waals surface area contributed by atoms with Gasteiger partial charge in [0, 0.05) is 36.7 Å². The number of hydrogen-bond acceptors (Lipinski definition) is 4. The molecule has 1 saturated heterocycles. The molecule has 0 saturated carbocycles. The molecule has 1 fully saturated rings. The van der Waals surface area contributed by atoms with Crippen LogP contribution in [0.4, 0.5) is 14.5 Å². The van der Waals surface area contributed by atoms with E-state index in [1.54, 1.807) is 12.1 Å². The van der Waals surface area contributed by atoms with Crippen LogP contribution < -0.4 is 10.3 Å². The van der Waals surface area contributed by atoms with Crippen molar-refractivity contribution in [1.29, 1.82) is 0 Å². The first-order valence-electron chi connectivity index (χ1n) is 8.66. The second kappa shape index (κ2) is 7.05. The van der Waals surface area contributed by atoms with Crippen LogP contribution in [0.2, 0.25) is 0 Å². The van der Waals surface area contributed by atoms with Crippen molar-refractivity contribution in [3.63, 3.8) is 0 Å². The molecule has 144 valence electrons. The van der Waals surface area contributed by atoms with Crippen LogP contribution in [0.15, 0.2) is 47.4 Å². The molecule has 1 N–H and O–H groups in total. The van der Waals surface area contributed by atoms with E-state index in [0.29, 0.717) is 18.9 Å². The van der Waals surface area contributed by atoms with Crippen molar-refractivity contribution < 1.29 is 23.4 Å². The summed E-state index contributed by atoms with van der Waals surface area (Å²) in [6, 6.07) is 8.81. The van der Waals surface area contributed by atoms with E-state index in [-0.39, 0.29) is 10.9 Å². The normalized spacial score (nSPS) is 14.4. The molecule has 0 radical (unpaired) electrons. The minimum atomic E-state index is -1.43. The Hall–Kier alpha value is -3.26. The quantitative estimate of drug-likeness (QED) is 0.750. The fourth-order valence-electron chi connectivity index (χ4n) is 3.33. The summed E-state index contributed by atoms with van der Waals surface area (Å²) in [5.41, 5.74) is 0.204. The number of morpholine rings is 1. The molecule has 2 aromatic carbocycles. The first-order valence-corrected chi connectivity index (χ1v) is 8.66. The van der Waals surface area contributed by atoms with Crippen LogP contribution in [-0.4, -0.2) is 41.9 Å². The molecular formula is C20H16F2N2O4. The predicted molar refractivity (Wildman–Crippen MR) is 99.5 cm³/mol. The average Bonchev–Trinajstić information content (AvgIpc) is 2.70. The SMILES string of the molecule is O=C(O)c1cn(-c2ccc(N3CCOCC3)cc2)c2cc(F)c(F)cc2c1=O. The highest BCUT2D eigenvalue weighted by Crippen LogP contribution is 2.23. The molecule has 0 aliphatic carbocycles. The van der Waals surface area contributed by atoms with Gasteiger partial charge in [-0.1, -0.05) is 0 Å².